The fourth-order valence-electron chi connectivity index (χ4n) is 1.58. The molecule has 0 atom stereocenters. The summed E-state index contributed by atoms with van der Waals surface area (Å²) in [5.41, 5.74) is 0. The topological polar surface area (TPSA) is 62.3 Å². The fourth-order valence-corrected chi connectivity index (χ4v) is 1.98. The first-order valence-corrected chi connectivity index (χ1v) is 6.02. The number of hydrogen-bond donors (Lipinski definition) is 2. The van der Waals surface area contributed by atoms with E-state index in [0.717, 1.165) is 32.0 Å². The Balaban J connectivity index is 2.23. The molecule has 0 unspecified atom stereocenters. The van der Waals surface area contributed by atoms with Gasteiger partial charge in [0.15, 0.2) is 15.7 Å². The van der Waals surface area contributed by atoms with Crippen molar-refractivity contribution in [3.05, 3.63) is 18.2 Å². The van der Waals surface area contributed by atoms with Crippen molar-refractivity contribution in [2.24, 2.45) is 0 Å². The molecule has 1 N–H and O–H groups in total. The van der Waals surface area contributed by atoms with Crippen LogP contribution in [0.15, 0.2) is 23.2 Å². The lowest BCUT2D eigenvalue weighted by molar-refractivity contribution is 0.582. The minimum Gasteiger partial charge on any atom is -0.354 e. The SMILES string of the molecule is O=[SH](=O)c1cccc(N2CCNCC2)n1. The van der Waals surface area contributed by atoms with Gasteiger partial charge < -0.3 is 10.2 Å². The Kier molecular flexibility index (Phi) is 3.17. The van der Waals surface area contributed by atoms with E-state index in [1.807, 2.05) is 6.07 Å². The van der Waals surface area contributed by atoms with Crippen LogP contribution in [0, 0.1) is 0 Å². The lowest BCUT2D eigenvalue weighted by Gasteiger charge is -2.28. The molecule has 0 spiro atoms. The molecule has 0 bridgehead atoms. The van der Waals surface area contributed by atoms with Crippen LogP contribution in [0.4, 0.5) is 5.82 Å². The summed E-state index contributed by atoms with van der Waals surface area (Å²) in [7, 11) is -2.59. The van der Waals surface area contributed by atoms with Crippen molar-refractivity contribution in [1.29, 1.82) is 0 Å². The number of anilines is 1. The molecule has 1 aromatic rings. The van der Waals surface area contributed by atoms with Crippen LogP contribution < -0.4 is 10.2 Å². The average Bonchev–Trinajstić information content (AvgIpc) is 2.30. The third kappa shape index (κ3) is 2.45. The number of hydrogen-bond acceptors (Lipinski definition) is 5. The number of rotatable bonds is 2. The monoisotopic (exact) mass is 227 g/mol. The van der Waals surface area contributed by atoms with Gasteiger partial charge in [-0.05, 0) is 12.1 Å². The third-order valence-corrected chi connectivity index (χ3v) is 2.97. The number of aromatic nitrogens is 1. The molecule has 15 heavy (non-hydrogen) atoms. The van der Waals surface area contributed by atoms with Crippen LogP contribution in [-0.4, -0.2) is 39.6 Å². The number of nitrogens with zero attached hydrogens (tertiary/aromatic N) is 2. The first-order chi connectivity index (χ1) is 7.27. The Bertz CT molecular complexity index is 406. The van der Waals surface area contributed by atoms with Crippen LogP contribution in [0.3, 0.4) is 0 Å². The summed E-state index contributed by atoms with van der Waals surface area (Å²) in [4.78, 5) is 6.18. The molecule has 82 valence electrons. The normalized spacial score (nSPS) is 17.0. The Morgan fingerprint density at radius 1 is 1.27 bits per heavy atom. The highest BCUT2D eigenvalue weighted by atomic mass is 32.2. The molecule has 1 fully saturated rings. The molecular formula is C9H13N3O2S. The molecule has 1 aliphatic heterocycles. The van der Waals surface area contributed by atoms with Crippen LogP contribution in [0.2, 0.25) is 0 Å². The van der Waals surface area contributed by atoms with Gasteiger partial charge >= 0.3 is 0 Å². The van der Waals surface area contributed by atoms with Gasteiger partial charge in [-0.15, -0.1) is 0 Å². The zero-order valence-electron chi connectivity index (χ0n) is 8.22. The second-order valence-corrected chi connectivity index (χ2v) is 4.32. The summed E-state index contributed by atoms with van der Waals surface area (Å²) in [5, 5.41) is 3.37. The minimum absolute atomic E-state index is 0.140. The van der Waals surface area contributed by atoms with Crippen molar-refractivity contribution >= 4 is 16.5 Å². The zero-order chi connectivity index (χ0) is 10.7. The Labute approximate surface area is 90.1 Å². The van der Waals surface area contributed by atoms with Gasteiger partial charge in [-0.2, -0.15) is 0 Å². The van der Waals surface area contributed by atoms with Gasteiger partial charge in [-0.3, -0.25) is 0 Å². The second-order valence-electron chi connectivity index (χ2n) is 3.35. The molecule has 0 aromatic carbocycles. The molecule has 1 saturated heterocycles. The lowest BCUT2D eigenvalue weighted by Crippen LogP contribution is -2.43. The number of nitrogens with one attached hydrogen (secondary N) is 1. The van der Waals surface area contributed by atoms with E-state index in [-0.39, 0.29) is 5.03 Å². The molecule has 6 heteroatoms. The summed E-state index contributed by atoms with van der Waals surface area (Å²) in [6.45, 7) is 3.56. The highest BCUT2D eigenvalue weighted by Crippen LogP contribution is 2.12. The molecule has 0 radical (unpaired) electrons. The smallest absolute Gasteiger partial charge is 0.185 e. The summed E-state index contributed by atoms with van der Waals surface area (Å²) in [6.07, 6.45) is 0. The quantitative estimate of drug-likeness (QED) is 0.665. The maximum absolute atomic E-state index is 10.8. The zero-order valence-corrected chi connectivity index (χ0v) is 9.11. The predicted molar refractivity (Wildman–Crippen MR) is 57.9 cm³/mol. The van der Waals surface area contributed by atoms with E-state index in [0.29, 0.717) is 0 Å². The van der Waals surface area contributed by atoms with Gasteiger partial charge in [0, 0.05) is 26.2 Å². The van der Waals surface area contributed by atoms with E-state index < -0.39 is 10.7 Å². The van der Waals surface area contributed by atoms with Gasteiger partial charge in [-0.1, -0.05) is 6.07 Å². The number of piperazine rings is 1. The molecule has 1 aliphatic rings. The van der Waals surface area contributed by atoms with Gasteiger partial charge in [0.05, 0.1) is 0 Å². The van der Waals surface area contributed by atoms with Crippen molar-refractivity contribution < 1.29 is 8.42 Å². The molecule has 0 aliphatic carbocycles. The van der Waals surface area contributed by atoms with Crippen molar-refractivity contribution in [3.63, 3.8) is 0 Å². The summed E-state index contributed by atoms with van der Waals surface area (Å²) < 4.78 is 21.6. The number of thiol groups is 1. The summed E-state index contributed by atoms with van der Waals surface area (Å²) >= 11 is 0. The molecule has 0 saturated carbocycles. The average molecular weight is 227 g/mol. The molecular weight excluding hydrogens is 214 g/mol. The largest absolute Gasteiger partial charge is 0.354 e. The maximum atomic E-state index is 10.8. The summed E-state index contributed by atoms with van der Waals surface area (Å²) in [5.74, 6) is 0.744. The molecule has 2 heterocycles. The van der Waals surface area contributed by atoms with Gasteiger partial charge in [0.25, 0.3) is 0 Å². The van der Waals surface area contributed by atoms with Crippen LogP contribution in [0.1, 0.15) is 0 Å². The summed E-state index contributed by atoms with van der Waals surface area (Å²) in [6, 6.07) is 5.08. The Morgan fingerprint density at radius 3 is 2.67 bits per heavy atom. The minimum atomic E-state index is -2.59. The molecule has 0 amide bonds. The second kappa shape index (κ2) is 4.59. The van der Waals surface area contributed by atoms with Gasteiger partial charge in [0.1, 0.15) is 5.82 Å². The van der Waals surface area contributed by atoms with Crippen LogP contribution in [-0.2, 0) is 10.7 Å². The highest BCUT2D eigenvalue weighted by Gasteiger charge is 2.11. The Morgan fingerprint density at radius 2 is 2.00 bits per heavy atom. The van der Waals surface area contributed by atoms with E-state index in [1.54, 1.807) is 6.07 Å². The Hall–Kier alpha value is -1.14. The molecule has 5 nitrogen and oxygen atoms in total. The lowest BCUT2D eigenvalue weighted by atomic mass is 10.3. The van der Waals surface area contributed by atoms with E-state index in [1.165, 1.54) is 6.07 Å². The van der Waals surface area contributed by atoms with Gasteiger partial charge in [0.2, 0.25) is 0 Å². The first-order valence-electron chi connectivity index (χ1n) is 4.84. The van der Waals surface area contributed by atoms with Crippen molar-refractivity contribution in [1.82, 2.24) is 10.3 Å². The number of pyridine rings is 1. The van der Waals surface area contributed by atoms with E-state index in [9.17, 15) is 8.42 Å². The molecule has 2 rings (SSSR count). The van der Waals surface area contributed by atoms with Crippen LogP contribution >= 0.6 is 0 Å². The van der Waals surface area contributed by atoms with Crippen molar-refractivity contribution in [2.45, 2.75) is 5.03 Å². The van der Waals surface area contributed by atoms with Gasteiger partial charge in [-0.25, -0.2) is 13.4 Å². The standard InChI is InChI=1S/C9H13N3O2S/c13-15(14)9-3-1-2-8(11-9)12-6-4-10-5-7-12/h1-3,10,15H,4-7H2. The van der Waals surface area contributed by atoms with Crippen LogP contribution in [0.5, 0.6) is 0 Å². The third-order valence-electron chi connectivity index (χ3n) is 2.35. The first kappa shape index (κ1) is 10.4. The molecule has 1 aromatic heterocycles. The van der Waals surface area contributed by atoms with Crippen molar-refractivity contribution in [3.8, 4) is 0 Å². The van der Waals surface area contributed by atoms with Crippen molar-refractivity contribution in [2.75, 3.05) is 31.1 Å². The maximum Gasteiger partial charge on any atom is 0.185 e. The highest BCUT2D eigenvalue weighted by molar-refractivity contribution is 7.72. The van der Waals surface area contributed by atoms with E-state index >= 15 is 0 Å². The van der Waals surface area contributed by atoms with E-state index in [4.69, 9.17) is 0 Å². The van der Waals surface area contributed by atoms with E-state index in [2.05, 4.69) is 15.2 Å². The predicted octanol–water partition coefficient (Wildman–Crippen LogP) is -0.539. The fraction of sp³-hybridized carbons (Fsp3) is 0.444. The van der Waals surface area contributed by atoms with Crippen LogP contribution in [0.25, 0.3) is 0 Å².